The van der Waals surface area contributed by atoms with Crippen molar-refractivity contribution in [2.75, 3.05) is 20.3 Å². The van der Waals surface area contributed by atoms with Crippen LogP contribution in [0.15, 0.2) is 40.8 Å². The molecule has 0 aliphatic heterocycles. The van der Waals surface area contributed by atoms with Crippen molar-refractivity contribution in [2.24, 2.45) is 0 Å². The summed E-state index contributed by atoms with van der Waals surface area (Å²) < 4.78 is 17.9. The minimum atomic E-state index is -0.652. The summed E-state index contributed by atoms with van der Waals surface area (Å²) in [6.07, 6.45) is 0. The van der Waals surface area contributed by atoms with Gasteiger partial charge in [-0.05, 0) is 39.0 Å². The van der Waals surface area contributed by atoms with E-state index in [4.69, 9.17) is 13.9 Å². The maximum Gasteiger partial charge on any atom is 0.374 e. The van der Waals surface area contributed by atoms with Gasteiger partial charge in [-0.1, -0.05) is 18.2 Å². The minimum Gasteiger partial charge on any atom is -0.451 e. The molecule has 1 aromatic carbocycles. The van der Waals surface area contributed by atoms with Crippen LogP contribution in [-0.2, 0) is 9.47 Å². The molecule has 0 aliphatic carbocycles. The molecule has 2 aromatic heterocycles. The van der Waals surface area contributed by atoms with Crippen molar-refractivity contribution in [3.8, 4) is 0 Å². The first-order valence-corrected chi connectivity index (χ1v) is 8.78. The summed E-state index contributed by atoms with van der Waals surface area (Å²) in [5.41, 5.74) is 2.95. The summed E-state index contributed by atoms with van der Waals surface area (Å²) in [5, 5.41) is 0.812. The van der Waals surface area contributed by atoms with Gasteiger partial charge in [-0.25, -0.2) is 4.79 Å². The van der Waals surface area contributed by atoms with E-state index in [1.807, 2.05) is 45.0 Å². The van der Waals surface area contributed by atoms with Crippen LogP contribution in [0, 0.1) is 13.8 Å². The van der Waals surface area contributed by atoms with Crippen molar-refractivity contribution in [1.29, 1.82) is 0 Å². The molecule has 0 amide bonds. The largest absolute Gasteiger partial charge is 0.451 e. The Bertz CT molecular complexity index is 949. The molecule has 0 spiro atoms. The molecule has 0 fully saturated rings. The number of benzene rings is 1. The van der Waals surface area contributed by atoms with E-state index < -0.39 is 5.97 Å². The molecule has 0 aliphatic rings. The second kappa shape index (κ2) is 7.80. The van der Waals surface area contributed by atoms with Gasteiger partial charge in [0.2, 0.25) is 11.5 Å². The third kappa shape index (κ3) is 3.80. The minimum absolute atomic E-state index is 0.0863. The molecule has 3 aromatic rings. The zero-order valence-corrected chi connectivity index (χ0v) is 15.9. The average molecular weight is 369 g/mol. The Balaban J connectivity index is 1.70. The molecule has 0 unspecified atom stereocenters. The lowest BCUT2D eigenvalue weighted by atomic mass is 10.1. The molecule has 0 saturated carbocycles. The second-order valence-corrected chi connectivity index (χ2v) is 6.61. The number of hydrogen-bond acceptors (Lipinski definition) is 5. The highest BCUT2D eigenvalue weighted by atomic mass is 16.5. The van der Waals surface area contributed by atoms with E-state index in [0.717, 1.165) is 16.8 Å². The van der Waals surface area contributed by atoms with Gasteiger partial charge in [0.15, 0.2) is 6.61 Å². The van der Waals surface area contributed by atoms with Crippen LogP contribution >= 0.6 is 0 Å². The number of esters is 1. The number of carbonyl (C=O) groups excluding carboxylic acids is 2. The van der Waals surface area contributed by atoms with Crippen LogP contribution in [-0.4, -0.2) is 36.6 Å². The van der Waals surface area contributed by atoms with Gasteiger partial charge in [-0.3, -0.25) is 4.79 Å². The highest BCUT2D eigenvalue weighted by Crippen LogP contribution is 2.22. The van der Waals surface area contributed by atoms with Crippen LogP contribution in [0.1, 0.15) is 45.3 Å². The molecule has 0 saturated heterocycles. The molecule has 142 valence electrons. The lowest BCUT2D eigenvalue weighted by molar-refractivity contribution is 0.0446. The van der Waals surface area contributed by atoms with E-state index in [2.05, 4.69) is 4.57 Å². The molecule has 2 heterocycles. The summed E-state index contributed by atoms with van der Waals surface area (Å²) in [4.78, 5) is 24.8. The van der Waals surface area contributed by atoms with E-state index in [0.29, 0.717) is 17.8 Å². The summed E-state index contributed by atoms with van der Waals surface area (Å²) in [5.74, 6) is -0.812. The first-order chi connectivity index (χ1) is 12.9. The quantitative estimate of drug-likeness (QED) is 0.463. The van der Waals surface area contributed by atoms with Crippen molar-refractivity contribution in [2.45, 2.75) is 26.8 Å². The Morgan fingerprint density at radius 2 is 1.93 bits per heavy atom. The van der Waals surface area contributed by atoms with Crippen molar-refractivity contribution < 1.29 is 23.5 Å². The Labute approximate surface area is 157 Å². The number of ketones is 1. The molecule has 1 atom stereocenters. The molecule has 0 radical (unpaired) electrons. The number of aryl methyl sites for hydroxylation is 1. The SMILES string of the molecule is COC[C@@H](C)n1c(C)cc(C(=O)COC(=O)c2cc3ccccc3o2)c1C. The molecule has 6 nitrogen and oxygen atoms in total. The molecular formula is C21H23NO5. The number of methoxy groups -OCH3 is 1. The van der Waals surface area contributed by atoms with Gasteiger partial charge in [0, 0.05) is 29.4 Å². The molecule has 27 heavy (non-hydrogen) atoms. The van der Waals surface area contributed by atoms with E-state index in [-0.39, 0.29) is 24.2 Å². The first kappa shape index (κ1) is 18.9. The van der Waals surface area contributed by atoms with Gasteiger partial charge in [0.1, 0.15) is 5.58 Å². The number of fused-ring (bicyclic) bond motifs is 1. The molecular weight excluding hydrogens is 346 g/mol. The van der Waals surface area contributed by atoms with Crippen molar-refractivity contribution >= 4 is 22.7 Å². The molecule has 6 heteroatoms. The number of Topliss-reactive ketones (excluding diaryl/α,β-unsaturated/α-hetero) is 1. The predicted octanol–water partition coefficient (Wildman–Crippen LogP) is 4.10. The van der Waals surface area contributed by atoms with Gasteiger partial charge in [-0.15, -0.1) is 0 Å². The topological polar surface area (TPSA) is 70.7 Å². The van der Waals surface area contributed by atoms with Crippen molar-refractivity contribution in [1.82, 2.24) is 4.57 Å². The van der Waals surface area contributed by atoms with Gasteiger partial charge in [0.05, 0.1) is 12.6 Å². The average Bonchev–Trinajstić information content (AvgIpc) is 3.20. The zero-order valence-electron chi connectivity index (χ0n) is 15.9. The van der Waals surface area contributed by atoms with Gasteiger partial charge >= 0.3 is 5.97 Å². The lowest BCUT2D eigenvalue weighted by Crippen LogP contribution is -2.16. The molecule has 3 rings (SSSR count). The van der Waals surface area contributed by atoms with E-state index >= 15 is 0 Å². The maximum atomic E-state index is 12.6. The second-order valence-electron chi connectivity index (χ2n) is 6.61. The van der Waals surface area contributed by atoms with E-state index in [1.165, 1.54) is 0 Å². The van der Waals surface area contributed by atoms with Crippen molar-refractivity contribution in [3.05, 3.63) is 59.1 Å². The van der Waals surface area contributed by atoms with Gasteiger partial charge in [0.25, 0.3) is 0 Å². The number of rotatable bonds is 7. The van der Waals surface area contributed by atoms with Crippen LogP contribution in [0.2, 0.25) is 0 Å². The number of nitrogens with zero attached hydrogens (tertiary/aromatic N) is 1. The number of para-hydroxylation sites is 1. The van der Waals surface area contributed by atoms with Crippen LogP contribution in [0.3, 0.4) is 0 Å². The Morgan fingerprint density at radius 1 is 1.19 bits per heavy atom. The number of furan rings is 1. The highest BCUT2D eigenvalue weighted by molar-refractivity contribution is 6.00. The number of ether oxygens (including phenoxy) is 2. The monoisotopic (exact) mass is 369 g/mol. The van der Waals surface area contributed by atoms with Crippen LogP contribution < -0.4 is 0 Å². The number of carbonyl (C=O) groups is 2. The Hall–Kier alpha value is -2.86. The third-order valence-electron chi connectivity index (χ3n) is 4.59. The fourth-order valence-electron chi connectivity index (χ4n) is 3.42. The summed E-state index contributed by atoms with van der Waals surface area (Å²) in [6, 6.07) is 10.8. The van der Waals surface area contributed by atoms with Crippen LogP contribution in [0.5, 0.6) is 0 Å². The van der Waals surface area contributed by atoms with Gasteiger partial charge < -0.3 is 18.5 Å². The van der Waals surface area contributed by atoms with Crippen LogP contribution in [0.25, 0.3) is 11.0 Å². The van der Waals surface area contributed by atoms with Crippen molar-refractivity contribution in [3.63, 3.8) is 0 Å². The normalized spacial score (nSPS) is 12.3. The Kier molecular flexibility index (Phi) is 5.46. The van der Waals surface area contributed by atoms with E-state index in [1.54, 1.807) is 19.2 Å². The summed E-state index contributed by atoms with van der Waals surface area (Å²) >= 11 is 0. The fraction of sp³-hybridized carbons (Fsp3) is 0.333. The third-order valence-corrected chi connectivity index (χ3v) is 4.59. The Morgan fingerprint density at radius 3 is 2.63 bits per heavy atom. The lowest BCUT2D eigenvalue weighted by Gasteiger charge is -2.17. The van der Waals surface area contributed by atoms with Gasteiger partial charge in [-0.2, -0.15) is 0 Å². The first-order valence-electron chi connectivity index (χ1n) is 8.78. The summed E-state index contributed by atoms with van der Waals surface area (Å²) in [7, 11) is 1.65. The summed E-state index contributed by atoms with van der Waals surface area (Å²) in [6.45, 7) is 6.06. The van der Waals surface area contributed by atoms with E-state index in [9.17, 15) is 9.59 Å². The number of aromatic nitrogens is 1. The van der Waals surface area contributed by atoms with Crippen LogP contribution in [0.4, 0.5) is 0 Å². The fourth-order valence-corrected chi connectivity index (χ4v) is 3.42. The number of hydrogen-bond donors (Lipinski definition) is 0. The smallest absolute Gasteiger partial charge is 0.374 e. The molecule has 0 bridgehead atoms. The standard InChI is InChI=1S/C21H23NO5/c1-13-9-17(15(3)22(13)14(2)11-25-4)18(23)12-26-21(24)20-10-16-7-5-6-8-19(16)27-20/h5-10,14H,11-12H2,1-4H3/t14-/m1/s1. The predicted molar refractivity (Wildman–Crippen MR) is 101 cm³/mol. The maximum absolute atomic E-state index is 12.6. The molecule has 0 N–H and O–H groups in total. The zero-order chi connectivity index (χ0) is 19.6. The highest BCUT2D eigenvalue weighted by Gasteiger charge is 2.21.